The molecule has 0 aliphatic carbocycles. The Morgan fingerprint density at radius 1 is 1.28 bits per heavy atom. The molecular weight excluding hydrogens is 320 g/mol. The van der Waals surface area contributed by atoms with E-state index in [2.05, 4.69) is 10.3 Å². The van der Waals surface area contributed by atoms with Gasteiger partial charge in [-0.15, -0.1) is 0 Å². The Labute approximate surface area is 147 Å². The maximum absolute atomic E-state index is 12.9. The number of rotatable bonds is 4. The van der Waals surface area contributed by atoms with Crippen molar-refractivity contribution in [2.75, 3.05) is 6.54 Å². The molecule has 3 rings (SSSR count). The summed E-state index contributed by atoms with van der Waals surface area (Å²) in [6.45, 7) is 7.84. The molecule has 0 saturated carbocycles. The number of carbonyl (C=O) groups excluding carboxylic acids is 2. The average molecular weight is 344 g/mol. The Bertz CT molecular complexity index is 805. The van der Waals surface area contributed by atoms with Gasteiger partial charge in [0.25, 0.3) is 0 Å². The van der Waals surface area contributed by atoms with Gasteiger partial charge in [-0.2, -0.15) is 5.10 Å². The van der Waals surface area contributed by atoms with Crippen LogP contribution in [-0.4, -0.2) is 38.1 Å². The second-order valence-electron chi connectivity index (χ2n) is 6.72. The normalized spacial score (nSPS) is 17.8. The number of carbonyl (C=O) groups is 2. The number of hydrogen-bond donors (Lipinski definition) is 0. The van der Waals surface area contributed by atoms with Crippen molar-refractivity contribution in [1.82, 2.24) is 19.8 Å². The first-order valence-corrected chi connectivity index (χ1v) is 8.66. The molecule has 0 radical (unpaired) electrons. The predicted octanol–water partition coefficient (Wildman–Crippen LogP) is 2.75. The molecule has 3 heterocycles. The smallest absolute Gasteiger partial charge is 0.244 e. The number of nitrogens with zero attached hydrogens (tertiary/aromatic N) is 4. The van der Waals surface area contributed by atoms with Crippen molar-refractivity contribution in [3.8, 4) is 0 Å². The lowest BCUT2D eigenvalue weighted by molar-refractivity contribution is -0.136. The van der Waals surface area contributed by atoms with Crippen LogP contribution in [0.3, 0.4) is 0 Å². The van der Waals surface area contributed by atoms with Gasteiger partial charge in [0.05, 0.1) is 17.3 Å². The molecule has 25 heavy (non-hydrogen) atoms. The SMILES string of the molecule is CC(=O)c1c(C)nn(CC(=O)N2CCCC[C@@H]2c2cc(C)on2)c1C. The van der Waals surface area contributed by atoms with Crippen molar-refractivity contribution in [3.63, 3.8) is 0 Å². The number of aryl methyl sites for hydroxylation is 2. The molecule has 0 bridgehead atoms. The predicted molar refractivity (Wildman–Crippen MR) is 91.3 cm³/mol. The van der Waals surface area contributed by atoms with E-state index in [1.165, 1.54) is 6.92 Å². The minimum absolute atomic E-state index is 0.00828. The van der Waals surface area contributed by atoms with Crippen LogP contribution in [0.4, 0.5) is 0 Å². The standard InChI is InChI=1S/C18H24N4O3/c1-11-9-15(20-25-11)16-7-5-6-8-21(16)17(24)10-22-13(3)18(14(4)23)12(2)19-22/h9,16H,5-8,10H2,1-4H3/t16-/m1/s1. The van der Waals surface area contributed by atoms with Gasteiger partial charge in [-0.25, -0.2) is 0 Å². The second kappa shape index (κ2) is 6.82. The molecule has 1 fully saturated rings. The van der Waals surface area contributed by atoms with Crippen molar-refractivity contribution in [2.24, 2.45) is 0 Å². The van der Waals surface area contributed by atoms with E-state index in [0.717, 1.165) is 36.4 Å². The van der Waals surface area contributed by atoms with E-state index in [4.69, 9.17) is 4.52 Å². The Morgan fingerprint density at radius 2 is 2.04 bits per heavy atom. The number of hydrogen-bond acceptors (Lipinski definition) is 5. The topological polar surface area (TPSA) is 81.2 Å². The minimum atomic E-state index is -0.0528. The van der Waals surface area contributed by atoms with Crippen molar-refractivity contribution >= 4 is 11.7 Å². The Balaban J connectivity index is 1.82. The molecule has 1 aliphatic heterocycles. The van der Waals surface area contributed by atoms with Gasteiger partial charge in [0.15, 0.2) is 5.78 Å². The van der Waals surface area contributed by atoms with E-state index in [-0.39, 0.29) is 24.3 Å². The summed E-state index contributed by atoms with van der Waals surface area (Å²) in [6, 6.07) is 1.84. The minimum Gasteiger partial charge on any atom is -0.361 e. The highest BCUT2D eigenvalue weighted by atomic mass is 16.5. The summed E-state index contributed by atoms with van der Waals surface area (Å²) in [5, 5.41) is 8.48. The number of likely N-dealkylation sites (tertiary alicyclic amines) is 1. The quantitative estimate of drug-likeness (QED) is 0.797. The number of piperidine rings is 1. The van der Waals surface area contributed by atoms with Crippen LogP contribution < -0.4 is 0 Å². The first-order chi connectivity index (χ1) is 11.9. The van der Waals surface area contributed by atoms with Gasteiger partial charge in [0.1, 0.15) is 18.0 Å². The van der Waals surface area contributed by atoms with Crippen LogP contribution >= 0.6 is 0 Å². The van der Waals surface area contributed by atoms with E-state index in [9.17, 15) is 9.59 Å². The molecule has 134 valence electrons. The lowest BCUT2D eigenvalue weighted by Gasteiger charge is -2.34. The second-order valence-corrected chi connectivity index (χ2v) is 6.72. The van der Waals surface area contributed by atoms with Crippen LogP contribution in [0.15, 0.2) is 10.6 Å². The molecule has 1 aliphatic rings. The fraction of sp³-hybridized carbons (Fsp3) is 0.556. The lowest BCUT2D eigenvalue weighted by atomic mass is 9.99. The molecule has 2 aromatic rings. The van der Waals surface area contributed by atoms with Crippen molar-refractivity contribution in [3.05, 3.63) is 34.5 Å². The monoisotopic (exact) mass is 344 g/mol. The van der Waals surface area contributed by atoms with Gasteiger partial charge in [0, 0.05) is 18.3 Å². The summed E-state index contributed by atoms with van der Waals surface area (Å²) in [5.74, 6) is 0.714. The van der Waals surface area contributed by atoms with Crippen molar-refractivity contribution in [2.45, 2.75) is 59.5 Å². The van der Waals surface area contributed by atoms with E-state index in [1.54, 1.807) is 11.6 Å². The maximum Gasteiger partial charge on any atom is 0.244 e. The number of Topliss-reactive ketones (excluding diaryl/α,β-unsaturated/α-hetero) is 1. The molecule has 1 saturated heterocycles. The Kier molecular flexibility index (Phi) is 4.74. The van der Waals surface area contributed by atoms with Crippen molar-refractivity contribution < 1.29 is 14.1 Å². The van der Waals surface area contributed by atoms with E-state index < -0.39 is 0 Å². The van der Waals surface area contributed by atoms with Gasteiger partial charge >= 0.3 is 0 Å². The van der Waals surface area contributed by atoms with Gasteiger partial charge < -0.3 is 9.42 Å². The van der Waals surface area contributed by atoms with Crippen LogP contribution in [-0.2, 0) is 11.3 Å². The zero-order chi connectivity index (χ0) is 18.1. The molecule has 1 amide bonds. The molecule has 1 atom stereocenters. The molecule has 7 nitrogen and oxygen atoms in total. The molecule has 2 aromatic heterocycles. The maximum atomic E-state index is 12.9. The molecule has 0 aromatic carbocycles. The fourth-order valence-electron chi connectivity index (χ4n) is 3.66. The van der Waals surface area contributed by atoms with Gasteiger partial charge in [-0.05, 0) is 47.0 Å². The first kappa shape index (κ1) is 17.4. The highest BCUT2D eigenvalue weighted by Crippen LogP contribution is 2.31. The number of amides is 1. The van der Waals surface area contributed by atoms with Gasteiger partial charge in [-0.3, -0.25) is 14.3 Å². The summed E-state index contributed by atoms with van der Waals surface area (Å²) >= 11 is 0. The van der Waals surface area contributed by atoms with Crippen LogP contribution in [0.5, 0.6) is 0 Å². The Morgan fingerprint density at radius 3 is 2.64 bits per heavy atom. The van der Waals surface area contributed by atoms with E-state index >= 15 is 0 Å². The highest BCUT2D eigenvalue weighted by Gasteiger charge is 2.30. The summed E-state index contributed by atoms with van der Waals surface area (Å²) in [6.07, 6.45) is 2.93. The average Bonchev–Trinajstić information content (AvgIpc) is 3.11. The van der Waals surface area contributed by atoms with Crippen LogP contribution in [0.25, 0.3) is 0 Å². The third-order valence-corrected chi connectivity index (χ3v) is 4.83. The first-order valence-electron chi connectivity index (χ1n) is 8.66. The van der Waals surface area contributed by atoms with Gasteiger partial charge in [-0.1, -0.05) is 5.16 Å². The zero-order valence-electron chi connectivity index (χ0n) is 15.2. The largest absolute Gasteiger partial charge is 0.361 e. The van der Waals surface area contributed by atoms with Crippen LogP contribution in [0.2, 0.25) is 0 Å². The molecule has 0 unspecified atom stereocenters. The molecule has 0 N–H and O–H groups in total. The summed E-state index contributed by atoms with van der Waals surface area (Å²) in [7, 11) is 0. The third kappa shape index (κ3) is 3.36. The number of ketones is 1. The molecule has 7 heteroatoms. The van der Waals surface area contributed by atoms with Crippen molar-refractivity contribution in [1.29, 1.82) is 0 Å². The third-order valence-electron chi connectivity index (χ3n) is 4.83. The summed E-state index contributed by atoms with van der Waals surface area (Å²) < 4.78 is 6.82. The highest BCUT2D eigenvalue weighted by molar-refractivity contribution is 5.96. The fourth-order valence-corrected chi connectivity index (χ4v) is 3.66. The summed E-state index contributed by atoms with van der Waals surface area (Å²) in [5.41, 5.74) is 2.82. The molecular formula is C18H24N4O3. The zero-order valence-corrected chi connectivity index (χ0v) is 15.2. The van der Waals surface area contributed by atoms with Crippen LogP contribution in [0, 0.1) is 20.8 Å². The van der Waals surface area contributed by atoms with E-state index in [1.807, 2.05) is 24.8 Å². The lowest BCUT2D eigenvalue weighted by Crippen LogP contribution is -2.40. The summed E-state index contributed by atoms with van der Waals surface area (Å²) in [4.78, 5) is 26.5. The van der Waals surface area contributed by atoms with Crippen LogP contribution in [0.1, 0.15) is 65.4 Å². The van der Waals surface area contributed by atoms with E-state index in [0.29, 0.717) is 17.8 Å². The Hall–Kier alpha value is -2.44. The van der Waals surface area contributed by atoms with Gasteiger partial charge in [0.2, 0.25) is 5.91 Å². The number of aromatic nitrogens is 3. The molecule has 0 spiro atoms.